The average molecular weight is 224 g/mol. The largest absolute Gasteiger partial charge is 0.343 e. The first-order chi connectivity index (χ1) is 7.83. The van der Waals surface area contributed by atoms with Gasteiger partial charge in [-0.15, -0.1) is 0 Å². The summed E-state index contributed by atoms with van der Waals surface area (Å²) in [5, 5.41) is 3.85. The summed E-state index contributed by atoms with van der Waals surface area (Å²) in [6.07, 6.45) is 5.09. The zero-order valence-electron chi connectivity index (χ0n) is 9.80. The Bertz CT molecular complexity index is 301. The number of likely N-dealkylation sites (tertiary alicyclic amines) is 1. The van der Waals surface area contributed by atoms with Gasteiger partial charge < -0.3 is 10.3 Å². The molecule has 2 unspecified atom stereocenters. The van der Waals surface area contributed by atoms with Crippen LogP contribution in [0.5, 0.6) is 0 Å². The summed E-state index contributed by atoms with van der Waals surface area (Å²) < 4.78 is 4.75. The fraction of sp³-hybridized carbons (Fsp3) is 0.818. The predicted molar refractivity (Wildman–Crippen MR) is 60.6 cm³/mol. The molecule has 0 bridgehead atoms. The van der Waals surface area contributed by atoms with Crippen LogP contribution in [0.1, 0.15) is 32.0 Å². The minimum atomic E-state index is 0.470. The van der Waals surface area contributed by atoms with Crippen molar-refractivity contribution >= 4 is 0 Å². The van der Waals surface area contributed by atoms with Gasteiger partial charge in [0.25, 0.3) is 0 Å². The molecule has 1 fully saturated rings. The van der Waals surface area contributed by atoms with Crippen molar-refractivity contribution in [1.82, 2.24) is 15.0 Å². The Labute approximate surface area is 96.0 Å². The number of nitrogens with two attached hydrogens (primary N) is 1. The van der Waals surface area contributed by atoms with E-state index in [0.29, 0.717) is 12.6 Å². The monoisotopic (exact) mass is 224 g/mol. The maximum absolute atomic E-state index is 5.83. The first kappa shape index (κ1) is 11.5. The van der Waals surface area contributed by atoms with Crippen LogP contribution < -0.4 is 5.73 Å². The Morgan fingerprint density at radius 2 is 2.50 bits per heavy atom. The van der Waals surface area contributed by atoms with Crippen LogP contribution in [-0.4, -0.2) is 34.2 Å². The molecule has 1 aromatic heterocycles. The van der Waals surface area contributed by atoms with Gasteiger partial charge in [-0.3, -0.25) is 4.90 Å². The summed E-state index contributed by atoms with van der Waals surface area (Å²) in [7, 11) is 0. The lowest BCUT2D eigenvalue weighted by molar-refractivity contribution is 0.104. The minimum absolute atomic E-state index is 0.470. The van der Waals surface area contributed by atoms with E-state index in [1.165, 1.54) is 25.7 Å². The zero-order chi connectivity index (χ0) is 11.4. The summed E-state index contributed by atoms with van der Waals surface area (Å²) >= 11 is 0. The standard InChI is InChI=1S/C11H20N4O/c1-2-9-3-4-15(10(5-9)6-12)7-11-13-8-16-14-11/h8-10H,2-7,12H2,1H3. The second kappa shape index (κ2) is 5.41. The van der Waals surface area contributed by atoms with Crippen molar-refractivity contribution in [2.24, 2.45) is 11.7 Å². The first-order valence-electron chi connectivity index (χ1n) is 6.02. The normalized spacial score (nSPS) is 27.1. The van der Waals surface area contributed by atoms with Gasteiger partial charge in [0.2, 0.25) is 6.39 Å². The van der Waals surface area contributed by atoms with Crippen molar-refractivity contribution in [2.75, 3.05) is 13.1 Å². The van der Waals surface area contributed by atoms with E-state index in [1.807, 2.05) is 0 Å². The zero-order valence-corrected chi connectivity index (χ0v) is 9.80. The Kier molecular flexibility index (Phi) is 3.90. The van der Waals surface area contributed by atoms with Gasteiger partial charge in [-0.25, -0.2) is 0 Å². The van der Waals surface area contributed by atoms with Crippen LogP contribution in [-0.2, 0) is 6.54 Å². The quantitative estimate of drug-likeness (QED) is 0.827. The van der Waals surface area contributed by atoms with E-state index >= 15 is 0 Å². The van der Waals surface area contributed by atoms with Crippen LogP contribution >= 0.6 is 0 Å². The van der Waals surface area contributed by atoms with Crippen molar-refractivity contribution < 1.29 is 4.52 Å². The van der Waals surface area contributed by atoms with Crippen LogP contribution in [0.3, 0.4) is 0 Å². The molecule has 2 heterocycles. The Hall–Kier alpha value is -0.940. The number of aromatic nitrogens is 2. The molecule has 2 atom stereocenters. The Balaban J connectivity index is 1.93. The van der Waals surface area contributed by atoms with Gasteiger partial charge in [-0.1, -0.05) is 18.5 Å². The number of piperidine rings is 1. The van der Waals surface area contributed by atoms with Crippen LogP contribution in [0.15, 0.2) is 10.9 Å². The summed E-state index contributed by atoms with van der Waals surface area (Å²) in [6.45, 7) is 4.82. The molecular weight excluding hydrogens is 204 g/mol. The molecule has 0 aromatic carbocycles. The topological polar surface area (TPSA) is 68.2 Å². The fourth-order valence-corrected chi connectivity index (χ4v) is 2.45. The van der Waals surface area contributed by atoms with Crippen molar-refractivity contribution in [2.45, 2.75) is 38.8 Å². The third kappa shape index (κ3) is 2.59. The predicted octanol–water partition coefficient (Wildman–Crippen LogP) is 1.02. The number of nitrogens with zero attached hydrogens (tertiary/aromatic N) is 3. The average Bonchev–Trinajstić information content (AvgIpc) is 2.82. The van der Waals surface area contributed by atoms with E-state index in [4.69, 9.17) is 10.3 Å². The molecule has 0 aliphatic carbocycles. The number of hydrogen-bond donors (Lipinski definition) is 1. The van der Waals surface area contributed by atoms with Crippen LogP contribution in [0.2, 0.25) is 0 Å². The van der Waals surface area contributed by atoms with Crippen molar-refractivity contribution in [3.63, 3.8) is 0 Å². The minimum Gasteiger partial charge on any atom is -0.343 e. The number of rotatable bonds is 4. The van der Waals surface area contributed by atoms with Gasteiger partial charge in [0, 0.05) is 12.6 Å². The molecule has 5 nitrogen and oxygen atoms in total. The highest BCUT2D eigenvalue weighted by Gasteiger charge is 2.27. The molecule has 1 saturated heterocycles. The van der Waals surface area contributed by atoms with Crippen molar-refractivity contribution in [1.29, 1.82) is 0 Å². The summed E-state index contributed by atoms with van der Waals surface area (Å²) in [5.74, 6) is 1.59. The third-order valence-corrected chi connectivity index (χ3v) is 3.55. The highest BCUT2D eigenvalue weighted by molar-refractivity contribution is 4.86. The van der Waals surface area contributed by atoms with E-state index < -0.39 is 0 Å². The molecule has 0 spiro atoms. The SMILES string of the molecule is CCC1CCN(Cc2ncon2)C(CN)C1. The fourth-order valence-electron chi connectivity index (χ4n) is 2.45. The lowest BCUT2D eigenvalue weighted by atomic mass is 9.89. The van der Waals surface area contributed by atoms with Crippen molar-refractivity contribution in [3.8, 4) is 0 Å². The molecule has 0 saturated carbocycles. The van der Waals surface area contributed by atoms with E-state index in [2.05, 4.69) is 22.0 Å². The molecule has 2 N–H and O–H groups in total. The molecule has 1 aliphatic rings. The van der Waals surface area contributed by atoms with Gasteiger partial charge in [0.15, 0.2) is 5.82 Å². The van der Waals surface area contributed by atoms with Crippen LogP contribution in [0.4, 0.5) is 0 Å². The van der Waals surface area contributed by atoms with Gasteiger partial charge in [-0.2, -0.15) is 4.98 Å². The highest BCUT2D eigenvalue weighted by atomic mass is 16.5. The van der Waals surface area contributed by atoms with E-state index in [-0.39, 0.29) is 0 Å². The summed E-state index contributed by atoms with van der Waals surface area (Å²) in [6, 6.07) is 0.470. The van der Waals surface area contributed by atoms with E-state index in [0.717, 1.165) is 24.8 Å². The van der Waals surface area contributed by atoms with Crippen molar-refractivity contribution in [3.05, 3.63) is 12.2 Å². The maximum Gasteiger partial charge on any atom is 0.213 e. The van der Waals surface area contributed by atoms with Crippen LogP contribution in [0.25, 0.3) is 0 Å². The second-order valence-corrected chi connectivity index (χ2v) is 4.51. The van der Waals surface area contributed by atoms with Gasteiger partial charge in [0.1, 0.15) is 0 Å². The van der Waals surface area contributed by atoms with Gasteiger partial charge in [0.05, 0.1) is 6.54 Å². The lowest BCUT2D eigenvalue weighted by Crippen LogP contribution is -2.46. The molecule has 90 valence electrons. The molecule has 0 amide bonds. The lowest BCUT2D eigenvalue weighted by Gasteiger charge is -2.38. The smallest absolute Gasteiger partial charge is 0.213 e. The Morgan fingerprint density at radius 3 is 3.12 bits per heavy atom. The summed E-state index contributed by atoms with van der Waals surface area (Å²) in [5.41, 5.74) is 5.83. The third-order valence-electron chi connectivity index (χ3n) is 3.55. The summed E-state index contributed by atoms with van der Waals surface area (Å²) in [4.78, 5) is 6.43. The molecule has 1 aliphatic heterocycles. The second-order valence-electron chi connectivity index (χ2n) is 4.51. The van der Waals surface area contributed by atoms with Gasteiger partial charge >= 0.3 is 0 Å². The van der Waals surface area contributed by atoms with E-state index in [9.17, 15) is 0 Å². The highest BCUT2D eigenvalue weighted by Crippen LogP contribution is 2.25. The molecule has 0 radical (unpaired) electrons. The Morgan fingerprint density at radius 1 is 1.62 bits per heavy atom. The van der Waals surface area contributed by atoms with E-state index in [1.54, 1.807) is 0 Å². The molecule has 5 heteroatoms. The maximum atomic E-state index is 5.83. The first-order valence-corrected chi connectivity index (χ1v) is 6.02. The van der Waals surface area contributed by atoms with Crippen LogP contribution in [0, 0.1) is 5.92 Å². The molecular formula is C11H20N4O. The number of hydrogen-bond acceptors (Lipinski definition) is 5. The molecule has 2 rings (SSSR count). The van der Waals surface area contributed by atoms with Gasteiger partial charge in [-0.05, 0) is 25.3 Å². The molecule has 1 aromatic rings. The molecule has 16 heavy (non-hydrogen) atoms.